The van der Waals surface area contributed by atoms with Crippen molar-refractivity contribution in [2.75, 3.05) is 13.7 Å². The van der Waals surface area contributed by atoms with Gasteiger partial charge in [-0.3, -0.25) is 4.98 Å². The highest BCUT2D eigenvalue weighted by Gasteiger charge is 2.28. The van der Waals surface area contributed by atoms with Crippen molar-refractivity contribution < 1.29 is 28.9 Å². The van der Waals surface area contributed by atoms with Crippen molar-refractivity contribution in [3.05, 3.63) is 35.8 Å². The van der Waals surface area contributed by atoms with Crippen LogP contribution in [0.1, 0.15) is 18.6 Å². The Morgan fingerprint density at radius 3 is 2.77 bits per heavy atom. The highest BCUT2D eigenvalue weighted by molar-refractivity contribution is 5.85. The molecule has 0 aliphatic rings. The van der Waals surface area contributed by atoms with Crippen LogP contribution in [0.25, 0.3) is 10.9 Å². The second kappa shape index (κ2) is 6.67. The van der Waals surface area contributed by atoms with Gasteiger partial charge in [-0.05, 0) is 24.6 Å². The lowest BCUT2D eigenvalue weighted by Gasteiger charge is -2.18. The minimum absolute atomic E-state index is 0.00779. The van der Waals surface area contributed by atoms with E-state index in [2.05, 4.69) is 9.72 Å². The van der Waals surface area contributed by atoms with E-state index in [4.69, 9.17) is 4.74 Å². The van der Waals surface area contributed by atoms with Gasteiger partial charge >= 0.3 is 5.97 Å². The predicted octanol–water partition coefficient (Wildman–Crippen LogP) is 1.34. The molecule has 0 bridgehead atoms. The number of carbonyl (C=O) groups is 1. The Balaban J connectivity index is 2.50. The summed E-state index contributed by atoms with van der Waals surface area (Å²) >= 11 is 0. The molecule has 7 heteroatoms. The number of methoxy groups -OCH3 is 1. The Kier molecular flexibility index (Phi) is 4.89. The maximum absolute atomic E-state index is 14.0. The van der Waals surface area contributed by atoms with Gasteiger partial charge in [0.15, 0.2) is 11.9 Å². The monoisotopic (exact) mass is 309 g/mol. The molecular weight excluding hydrogens is 293 g/mol. The van der Waals surface area contributed by atoms with Crippen molar-refractivity contribution in [3.63, 3.8) is 0 Å². The number of fused-ring (bicyclic) bond motifs is 1. The predicted molar refractivity (Wildman–Crippen MR) is 75.9 cm³/mol. The van der Waals surface area contributed by atoms with Crippen LogP contribution in [0.2, 0.25) is 0 Å². The van der Waals surface area contributed by atoms with Crippen molar-refractivity contribution in [2.24, 2.45) is 0 Å². The zero-order valence-corrected chi connectivity index (χ0v) is 12.1. The van der Waals surface area contributed by atoms with Crippen LogP contribution in [0.3, 0.4) is 0 Å². The highest BCUT2D eigenvalue weighted by Crippen LogP contribution is 2.30. The first kappa shape index (κ1) is 16.1. The maximum atomic E-state index is 14.0. The number of carbonyl (C=O) groups excluding carboxylic acids is 1. The number of aliphatic hydroxyl groups is 2. The number of benzene rings is 1. The van der Waals surface area contributed by atoms with E-state index in [1.165, 1.54) is 25.4 Å². The summed E-state index contributed by atoms with van der Waals surface area (Å²) in [5.41, 5.74) is 0.164. The van der Waals surface area contributed by atoms with Crippen molar-refractivity contribution >= 4 is 16.9 Å². The SMILES string of the molecule is CCOC(=O)[C@@H](O)[C@H](O)c1ccnc2c(F)cc(OC)cc12. The van der Waals surface area contributed by atoms with Crippen LogP contribution in [-0.4, -0.2) is 41.0 Å². The van der Waals surface area contributed by atoms with Gasteiger partial charge in [0.05, 0.1) is 13.7 Å². The molecular formula is C15H16FNO5. The average Bonchev–Trinajstić information content (AvgIpc) is 2.53. The van der Waals surface area contributed by atoms with Crippen LogP contribution in [0.4, 0.5) is 4.39 Å². The number of ether oxygens (including phenoxy) is 2. The fourth-order valence-electron chi connectivity index (χ4n) is 2.11. The minimum atomic E-state index is -1.78. The topological polar surface area (TPSA) is 88.9 Å². The summed E-state index contributed by atoms with van der Waals surface area (Å²) in [6, 6.07) is 4.03. The van der Waals surface area contributed by atoms with Crippen LogP contribution < -0.4 is 4.74 Å². The third-order valence-corrected chi connectivity index (χ3v) is 3.19. The molecule has 1 aromatic carbocycles. The molecule has 0 spiro atoms. The van der Waals surface area contributed by atoms with Gasteiger partial charge in [0.1, 0.15) is 17.4 Å². The molecule has 0 saturated carbocycles. The lowest BCUT2D eigenvalue weighted by molar-refractivity contribution is -0.159. The van der Waals surface area contributed by atoms with Crippen LogP contribution in [0, 0.1) is 5.82 Å². The van der Waals surface area contributed by atoms with E-state index in [1.807, 2.05) is 0 Å². The number of nitrogens with zero attached hydrogens (tertiary/aromatic N) is 1. The number of aliphatic hydroxyl groups excluding tert-OH is 2. The normalized spacial score (nSPS) is 13.7. The number of halogens is 1. The molecule has 0 aliphatic carbocycles. The molecule has 2 N–H and O–H groups in total. The van der Waals surface area contributed by atoms with Gasteiger partial charge in [-0.15, -0.1) is 0 Å². The first-order valence-corrected chi connectivity index (χ1v) is 6.64. The highest BCUT2D eigenvalue weighted by atomic mass is 19.1. The van der Waals surface area contributed by atoms with Crippen LogP contribution >= 0.6 is 0 Å². The third kappa shape index (κ3) is 3.00. The molecule has 0 saturated heterocycles. The number of aromatic nitrogens is 1. The number of rotatable bonds is 5. The molecule has 1 heterocycles. The molecule has 118 valence electrons. The van der Waals surface area contributed by atoms with E-state index in [9.17, 15) is 19.4 Å². The molecule has 1 aromatic heterocycles. The second-order valence-electron chi connectivity index (χ2n) is 4.55. The van der Waals surface area contributed by atoms with E-state index >= 15 is 0 Å². The molecule has 6 nitrogen and oxygen atoms in total. The van der Waals surface area contributed by atoms with Gasteiger partial charge in [0.2, 0.25) is 0 Å². The summed E-state index contributed by atoms with van der Waals surface area (Å²) in [5, 5.41) is 20.3. The van der Waals surface area contributed by atoms with Gasteiger partial charge in [0, 0.05) is 17.6 Å². The van der Waals surface area contributed by atoms with Crippen LogP contribution in [0.15, 0.2) is 24.4 Å². The van der Waals surface area contributed by atoms with E-state index in [1.54, 1.807) is 6.92 Å². The third-order valence-electron chi connectivity index (χ3n) is 3.19. The van der Waals surface area contributed by atoms with E-state index < -0.39 is 24.0 Å². The maximum Gasteiger partial charge on any atom is 0.338 e. The fraction of sp³-hybridized carbons (Fsp3) is 0.333. The van der Waals surface area contributed by atoms with Crippen molar-refractivity contribution in [3.8, 4) is 5.75 Å². The Hall–Kier alpha value is -2.25. The largest absolute Gasteiger partial charge is 0.497 e. The number of hydrogen-bond donors (Lipinski definition) is 2. The molecule has 0 unspecified atom stereocenters. The molecule has 0 fully saturated rings. The van der Waals surface area contributed by atoms with Crippen molar-refractivity contribution in [1.82, 2.24) is 4.98 Å². The van der Waals surface area contributed by atoms with E-state index in [-0.39, 0.29) is 28.8 Å². The van der Waals surface area contributed by atoms with Crippen LogP contribution in [-0.2, 0) is 9.53 Å². The molecule has 2 aromatic rings. The minimum Gasteiger partial charge on any atom is -0.497 e. The quantitative estimate of drug-likeness (QED) is 0.810. The summed E-state index contributed by atoms with van der Waals surface area (Å²) in [6.07, 6.45) is -2.07. The van der Waals surface area contributed by atoms with Gasteiger partial charge in [-0.25, -0.2) is 9.18 Å². The summed E-state index contributed by atoms with van der Waals surface area (Å²) < 4.78 is 23.6. The summed E-state index contributed by atoms with van der Waals surface area (Å²) in [6.45, 7) is 1.65. The fourth-order valence-corrected chi connectivity index (χ4v) is 2.11. The Morgan fingerprint density at radius 1 is 1.41 bits per heavy atom. The standard InChI is InChI=1S/C15H16FNO5/c1-3-22-15(20)14(19)13(18)9-4-5-17-12-10(9)6-8(21-2)7-11(12)16/h4-7,13-14,18-19H,3H2,1-2H3/t13-,14+/m1/s1. The Bertz CT molecular complexity index is 691. The molecule has 22 heavy (non-hydrogen) atoms. The molecule has 2 rings (SSSR count). The van der Waals surface area contributed by atoms with Gasteiger partial charge in [-0.1, -0.05) is 0 Å². The molecule has 0 amide bonds. The van der Waals surface area contributed by atoms with Crippen molar-refractivity contribution in [2.45, 2.75) is 19.1 Å². The first-order chi connectivity index (χ1) is 10.5. The lowest BCUT2D eigenvalue weighted by Crippen LogP contribution is -2.30. The van der Waals surface area contributed by atoms with Crippen LogP contribution in [0.5, 0.6) is 5.75 Å². The van der Waals surface area contributed by atoms with Gasteiger partial charge in [-0.2, -0.15) is 0 Å². The second-order valence-corrected chi connectivity index (χ2v) is 4.55. The van der Waals surface area contributed by atoms with E-state index in [0.29, 0.717) is 0 Å². The molecule has 0 radical (unpaired) electrons. The average molecular weight is 309 g/mol. The van der Waals surface area contributed by atoms with Gasteiger partial charge in [0.25, 0.3) is 0 Å². The zero-order valence-electron chi connectivity index (χ0n) is 12.1. The number of pyridine rings is 1. The zero-order chi connectivity index (χ0) is 16.3. The molecule has 2 atom stereocenters. The Morgan fingerprint density at radius 2 is 2.14 bits per heavy atom. The number of esters is 1. The smallest absolute Gasteiger partial charge is 0.338 e. The Labute approximate surface area is 126 Å². The molecule has 0 aliphatic heterocycles. The first-order valence-electron chi connectivity index (χ1n) is 6.64. The summed E-state index contributed by atoms with van der Waals surface area (Å²) in [7, 11) is 1.38. The summed E-state index contributed by atoms with van der Waals surface area (Å²) in [4.78, 5) is 15.4. The van der Waals surface area contributed by atoms with E-state index in [0.717, 1.165) is 6.07 Å². The lowest BCUT2D eigenvalue weighted by atomic mass is 10.00. The summed E-state index contributed by atoms with van der Waals surface area (Å²) in [5.74, 6) is -1.35. The van der Waals surface area contributed by atoms with Gasteiger partial charge < -0.3 is 19.7 Å². The van der Waals surface area contributed by atoms with Crippen molar-refractivity contribution in [1.29, 1.82) is 0 Å². The number of hydrogen-bond acceptors (Lipinski definition) is 6.